The second kappa shape index (κ2) is 9.03. The van der Waals surface area contributed by atoms with Gasteiger partial charge < -0.3 is 0 Å². The first-order chi connectivity index (χ1) is 7.84. The van der Waals surface area contributed by atoms with Crippen LogP contribution in [0.25, 0.3) is 0 Å². The zero-order valence-electron chi connectivity index (χ0n) is 9.20. The number of rotatable bonds is 4. The molecule has 17 heavy (non-hydrogen) atoms. The first-order valence-corrected chi connectivity index (χ1v) is 8.44. The Morgan fingerprint density at radius 2 is 2.06 bits per heavy atom. The van der Waals surface area contributed by atoms with Gasteiger partial charge in [-0.2, -0.15) is 8.42 Å². The zero-order valence-corrected chi connectivity index (χ0v) is 12.8. The van der Waals surface area contributed by atoms with E-state index in [9.17, 15) is 4.79 Å². The first kappa shape index (κ1) is 17.0. The molecule has 6 nitrogen and oxygen atoms in total. The molecule has 0 aromatic carbocycles. The van der Waals surface area contributed by atoms with Crippen molar-refractivity contribution in [2.45, 2.75) is 10.1 Å². The average Bonchev–Trinajstić information content (AvgIpc) is 2.68. The van der Waals surface area contributed by atoms with E-state index in [1.807, 2.05) is 11.4 Å². The number of thiophene rings is 1. The number of hydrogen-bond acceptors (Lipinski definition) is 5. The Bertz CT molecular complexity index is 405. The molecule has 1 aromatic rings. The van der Waals surface area contributed by atoms with Crippen molar-refractivity contribution >= 4 is 55.6 Å². The van der Waals surface area contributed by atoms with Crippen LogP contribution in [0.2, 0.25) is 3.67 Å². The van der Waals surface area contributed by atoms with E-state index < -0.39 is 10.4 Å². The van der Waals surface area contributed by atoms with E-state index >= 15 is 0 Å². The van der Waals surface area contributed by atoms with E-state index in [1.54, 1.807) is 6.07 Å². The molecule has 0 aliphatic rings. The van der Waals surface area contributed by atoms with Crippen LogP contribution in [0.15, 0.2) is 17.5 Å². The molecule has 0 unspecified atom stereocenters. The quantitative estimate of drug-likeness (QED) is 0.374. The minimum Gasteiger partial charge on any atom is -0.264 e. The maximum atomic E-state index is 11.2. The number of ether oxygens (including phenoxy) is 1. The van der Waals surface area contributed by atoms with Crippen LogP contribution in [0.1, 0.15) is 16.1 Å². The van der Waals surface area contributed by atoms with Gasteiger partial charge in [-0.15, -0.1) is 0 Å². The molecule has 0 radical (unpaired) electrons. The summed E-state index contributed by atoms with van der Waals surface area (Å²) >= 11 is 2.61. The van der Waals surface area contributed by atoms with Crippen molar-refractivity contribution in [2.24, 2.45) is 0 Å². The smallest absolute Gasteiger partial charge is 0.264 e. The largest absolute Gasteiger partial charge is 0.394 e. The Morgan fingerprint density at radius 3 is 2.47 bits per heavy atom. The molecular weight excluding hydrogens is 279 g/mol. The number of esters is 1. The molecule has 1 rings (SSSR count). The molecule has 0 atom stereocenters. The summed E-state index contributed by atoms with van der Waals surface area (Å²) in [6.45, 7) is 0.570. The third kappa shape index (κ3) is 12.3. The van der Waals surface area contributed by atoms with Crippen LogP contribution >= 0.6 is 11.3 Å². The van der Waals surface area contributed by atoms with Crippen molar-refractivity contribution < 1.29 is 27.1 Å². The second-order valence-electron chi connectivity index (χ2n) is 2.91. The van der Waals surface area contributed by atoms with Gasteiger partial charge in [0.05, 0.1) is 0 Å². The Labute approximate surface area is 121 Å². The molecular formula is C8H11NaO6S2. The van der Waals surface area contributed by atoms with Crippen LogP contribution in [0.3, 0.4) is 0 Å². The zero-order chi connectivity index (χ0) is 13.3. The molecule has 0 amide bonds. The van der Waals surface area contributed by atoms with Crippen molar-refractivity contribution in [2.75, 3.05) is 6.61 Å². The van der Waals surface area contributed by atoms with Crippen molar-refractivity contribution in [1.29, 1.82) is 0 Å². The van der Waals surface area contributed by atoms with Gasteiger partial charge in [-0.25, -0.2) is 0 Å². The van der Waals surface area contributed by atoms with Gasteiger partial charge in [0.1, 0.15) is 0 Å². The Morgan fingerprint density at radius 1 is 1.47 bits per heavy atom. The summed E-state index contributed by atoms with van der Waals surface area (Å²) in [4.78, 5) is 11.9. The molecule has 0 saturated carbocycles. The van der Waals surface area contributed by atoms with E-state index in [4.69, 9.17) is 22.3 Å². The number of hydrogen-bond donors (Lipinski definition) is 2. The van der Waals surface area contributed by atoms with Gasteiger partial charge in [0.2, 0.25) is 0 Å². The standard InChI is InChI=1S/C8H9O2S.Na.H2O4S/c1-2-5-10-8(9)7-4-3-6-11-7;;1-5(2,3)4/h3-4,6H,1-2,5H2;;(H2,1,2,3,4). The van der Waals surface area contributed by atoms with E-state index in [1.165, 1.54) is 42.9 Å². The minimum absolute atomic E-state index is 0.180. The third-order valence-electron chi connectivity index (χ3n) is 1.45. The van der Waals surface area contributed by atoms with E-state index in [0.717, 1.165) is 6.42 Å². The van der Waals surface area contributed by atoms with Crippen molar-refractivity contribution in [3.05, 3.63) is 22.4 Å². The summed E-state index contributed by atoms with van der Waals surface area (Å²) in [6.07, 6.45) is 1.00. The molecule has 2 N–H and O–H groups in total. The predicted octanol–water partition coefficient (Wildman–Crippen LogP) is 1.23. The second-order valence-corrected chi connectivity index (χ2v) is 5.76. The molecule has 0 bridgehead atoms. The molecule has 9 heteroatoms. The maximum Gasteiger partial charge on any atom is 0.394 e. The van der Waals surface area contributed by atoms with E-state index in [-0.39, 0.29) is 5.97 Å². The Hall–Kier alpha value is 0.0400. The topological polar surface area (TPSA) is 101 Å². The molecule has 1 aromatic heterocycles. The summed E-state index contributed by atoms with van der Waals surface area (Å²) < 4.78 is 37.8. The summed E-state index contributed by atoms with van der Waals surface area (Å²) in [6, 6.07) is 3.64. The molecule has 0 aliphatic heterocycles. The van der Waals surface area contributed by atoms with Gasteiger partial charge in [0.25, 0.3) is 0 Å². The van der Waals surface area contributed by atoms with Crippen molar-refractivity contribution in [3.8, 4) is 0 Å². The SMILES string of the molecule is O=C(OCC[CH2][Na])c1cccs1.O=S(=O)(O)O. The summed E-state index contributed by atoms with van der Waals surface area (Å²) in [5.41, 5.74) is 0. The monoisotopic (exact) mass is 290 g/mol. The first-order valence-electron chi connectivity index (χ1n) is 4.75. The normalized spacial score (nSPS) is 10.4. The van der Waals surface area contributed by atoms with Gasteiger partial charge in [-0.1, -0.05) is 0 Å². The molecule has 0 fully saturated rings. The fourth-order valence-corrected chi connectivity index (χ4v) is 1.68. The van der Waals surface area contributed by atoms with Crippen molar-refractivity contribution in [1.82, 2.24) is 0 Å². The fourth-order valence-electron chi connectivity index (χ4n) is 0.775. The van der Waals surface area contributed by atoms with Crippen molar-refractivity contribution in [3.63, 3.8) is 0 Å². The molecule has 0 aliphatic carbocycles. The molecule has 1 heterocycles. The Kier molecular flexibility index (Phi) is 9.06. The average molecular weight is 290 g/mol. The Balaban J connectivity index is 0.000000437. The van der Waals surface area contributed by atoms with Gasteiger partial charge in [-0.05, 0) is 0 Å². The fraction of sp³-hybridized carbons (Fsp3) is 0.375. The van der Waals surface area contributed by atoms with Crippen LogP contribution in [0.5, 0.6) is 0 Å². The molecule has 0 spiro atoms. The molecule has 0 saturated heterocycles. The van der Waals surface area contributed by atoms with Gasteiger partial charge in [-0.3, -0.25) is 9.11 Å². The van der Waals surface area contributed by atoms with E-state index in [0.29, 0.717) is 11.5 Å². The number of carbonyl (C=O) groups is 1. The molecule has 92 valence electrons. The van der Waals surface area contributed by atoms with Gasteiger partial charge >= 0.3 is 104 Å². The summed E-state index contributed by atoms with van der Waals surface area (Å²) in [5, 5.41) is 1.88. The predicted molar refractivity (Wildman–Crippen MR) is 64.0 cm³/mol. The van der Waals surface area contributed by atoms with Gasteiger partial charge in [0, 0.05) is 0 Å². The summed E-state index contributed by atoms with van der Waals surface area (Å²) in [7, 11) is -4.67. The van der Waals surface area contributed by atoms with Crippen LogP contribution < -0.4 is 0 Å². The third-order valence-corrected chi connectivity index (χ3v) is 3.01. The van der Waals surface area contributed by atoms with E-state index in [2.05, 4.69) is 0 Å². The minimum atomic E-state index is -4.67. The van der Waals surface area contributed by atoms with Crippen LogP contribution in [-0.2, 0) is 15.1 Å². The van der Waals surface area contributed by atoms with Gasteiger partial charge in [0.15, 0.2) is 0 Å². The maximum absolute atomic E-state index is 11.2. The number of carbonyl (C=O) groups excluding carboxylic acids is 1. The van der Waals surface area contributed by atoms with Crippen LogP contribution in [0, 0.1) is 0 Å². The summed E-state index contributed by atoms with van der Waals surface area (Å²) in [5.74, 6) is -0.180. The van der Waals surface area contributed by atoms with Crippen LogP contribution in [0.4, 0.5) is 0 Å². The van der Waals surface area contributed by atoms with Crippen LogP contribution in [-0.4, -0.2) is 58.0 Å².